The number of nitrogens with one attached hydrogen (secondary N) is 2. The molecule has 0 aromatic heterocycles. The van der Waals surface area contributed by atoms with Crippen LogP contribution in [0.4, 0.5) is 0 Å². The first-order valence-corrected chi connectivity index (χ1v) is 8.33. The van der Waals surface area contributed by atoms with Gasteiger partial charge in [0.2, 0.25) is 0 Å². The van der Waals surface area contributed by atoms with Crippen LogP contribution in [0, 0.1) is 0 Å². The Hall–Kier alpha value is -0.390. The van der Waals surface area contributed by atoms with E-state index in [1.807, 2.05) is 24.3 Å². The Kier molecular flexibility index (Phi) is 4.48. The second-order valence-electron chi connectivity index (χ2n) is 4.80. The highest BCUT2D eigenvalue weighted by molar-refractivity contribution is 9.10. The summed E-state index contributed by atoms with van der Waals surface area (Å²) in [5.41, 5.74) is 8.94. The molecule has 2 atom stereocenters. The summed E-state index contributed by atoms with van der Waals surface area (Å²) in [5.74, 6) is 0. The quantitative estimate of drug-likeness (QED) is 0.693. The van der Waals surface area contributed by atoms with Gasteiger partial charge in [-0.25, -0.2) is 10.9 Å². The lowest BCUT2D eigenvalue weighted by molar-refractivity contribution is 0.555. The van der Waals surface area contributed by atoms with Crippen molar-refractivity contribution in [3.8, 4) is 0 Å². The molecule has 2 aromatic carbocycles. The molecule has 1 aliphatic heterocycles. The predicted molar refractivity (Wildman–Crippen MR) is 89.7 cm³/mol. The molecular formula is C15H13Br2ClN2. The summed E-state index contributed by atoms with van der Waals surface area (Å²) in [7, 11) is 0. The first-order chi connectivity index (χ1) is 9.65. The normalized spacial score (nSPS) is 25.9. The molecule has 1 aliphatic rings. The van der Waals surface area contributed by atoms with E-state index in [-0.39, 0.29) is 17.5 Å². The van der Waals surface area contributed by atoms with Crippen LogP contribution < -0.4 is 10.9 Å². The number of alkyl halides is 1. The van der Waals surface area contributed by atoms with Gasteiger partial charge in [0.05, 0.1) is 17.5 Å². The van der Waals surface area contributed by atoms with E-state index in [1.54, 1.807) is 0 Å². The van der Waals surface area contributed by atoms with E-state index >= 15 is 0 Å². The van der Waals surface area contributed by atoms with Gasteiger partial charge < -0.3 is 0 Å². The first kappa shape index (κ1) is 14.5. The van der Waals surface area contributed by atoms with E-state index < -0.39 is 0 Å². The molecule has 2 unspecified atom stereocenters. The number of hydrogen-bond donors (Lipinski definition) is 2. The van der Waals surface area contributed by atoms with Gasteiger partial charge in [0, 0.05) is 8.95 Å². The molecule has 20 heavy (non-hydrogen) atoms. The Labute approximate surface area is 140 Å². The van der Waals surface area contributed by atoms with Gasteiger partial charge in [-0.3, -0.25) is 0 Å². The van der Waals surface area contributed by atoms with E-state index in [4.69, 9.17) is 11.6 Å². The molecule has 0 saturated carbocycles. The third-order valence-corrected chi connectivity index (χ3v) is 4.94. The lowest BCUT2D eigenvalue weighted by Crippen LogP contribution is -2.26. The molecule has 2 N–H and O–H groups in total. The lowest BCUT2D eigenvalue weighted by atomic mass is 9.97. The molecule has 0 spiro atoms. The fourth-order valence-electron chi connectivity index (χ4n) is 2.47. The number of hydrazine groups is 1. The van der Waals surface area contributed by atoms with Crippen molar-refractivity contribution in [3.05, 3.63) is 68.6 Å². The minimum atomic E-state index is -0.0569. The SMILES string of the molecule is ClC1C(c2cccc(Br)c2)NNC1c1cccc(Br)c1. The van der Waals surface area contributed by atoms with E-state index in [1.165, 1.54) is 11.1 Å². The standard InChI is InChI=1S/C15H13Br2ClN2/c16-11-5-1-3-9(7-11)14-13(18)15(20-19-14)10-4-2-6-12(17)8-10/h1-8,13-15,19-20H. The van der Waals surface area contributed by atoms with Crippen molar-refractivity contribution in [2.24, 2.45) is 0 Å². The molecule has 2 aromatic rings. The van der Waals surface area contributed by atoms with Crippen LogP contribution in [-0.4, -0.2) is 5.38 Å². The van der Waals surface area contributed by atoms with Crippen LogP contribution in [0.15, 0.2) is 57.5 Å². The summed E-state index contributed by atoms with van der Waals surface area (Å²) in [6, 6.07) is 16.6. The zero-order valence-electron chi connectivity index (χ0n) is 10.5. The first-order valence-electron chi connectivity index (χ1n) is 6.31. The van der Waals surface area contributed by atoms with Gasteiger partial charge in [-0.15, -0.1) is 11.6 Å². The average Bonchev–Trinajstić information content (AvgIpc) is 2.80. The minimum Gasteiger partial charge on any atom is -0.248 e. The van der Waals surface area contributed by atoms with E-state index in [9.17, 15) is 0 Å². The number of hydrogen-bond acceptors (Lipinski definition) is 2. The number of rotatable bonds is 2. The second kappa shape index (κ2) is 6.16. The molecule has 1 fully saturated rings. The Morgan fingerprint density at radius 2 is 1.25 bits per heavy atom. The Balaban J connectivity index is 1.85. The van der Waals surface area contributed by atoms with Crippen LogP contribution in [0.1, 0.15) is 23.2 Å². The molecule has 5 heteroatoms. The van der Waals surface area contributed by atoms with Gasteiger partial charge in [-0.1, -0.05) is 56.1 Å². The molecule has 0 amide bonds. The zero-order chi connectivity index (χ0) is 14.1. The number of halogens is 3. The fourth-order valence-corrected chi connectivity index (χ4v) is 3.72. The highest BCUT2D eigenvalue weighted by Gasteiger charge is 2.36. The summed E-state index contributed by atoms with van der Waals surface area (Å²) >= 11 is 13.7. The summed E-state index contributed by atoms with van der Waals surface area (Å²) in [4.78, 5) is 0. The summed E-state index contributed by atoms with van der Waals surface area (Å²) in [6.07, 6.45) is 0. The molecular weight excluding hydrogens is 403 g/mol. The van der Waals surface area contributed by atoms with Crippen molar-refractivity contribution in [3.63, 3.8) is 0 Å². The van der Waals surface area contributed by atoms with Crippen LogP contribution in [0.25, 0.3) is 0 Å². The topological polar surface area (TPSA) is 24.1 Å². The van der Waals surface area contributed by atoms with Crippen LogP contribution in [-0.2, 0) is 0 Å². The molecule has 1 heterocycles. The third-order valence-electron chi connectivity index (χ3n) is 3.45. The fraction of sp³-hybridized carbons (Fsp3) is 0.200. The van der Waals surface area contributed by atoms with Crippen molar-refractivity contribution in [2.75, 3.05) is 0 Å². The van der Waals surface area contributed by atoms with Crippen LogP contribution in [0.2, 0.25) is 0 Å². The van der Waals surface area contributed by atoms with Crippen molar-refractivity contribution < 1.29 is 0 Å². The highest BCUT2D eigenvalue weighted by atomic mass is 79.9. The molecule has 0 radical (unpaired) electrons. The molecule has 0 bridgehead atoms. The Morgan fingerprint density at radius 3 is 1.65 bits per heavy atom. The average molecular weight is 417 g/mol. The van der Waals surface area contributed by atoms with Crippen LogP contribution in [0.5, 0.6) is 0 Å². The summed E-state index contributed by atoms with van der Waals surface area (Å²) in [5, 5.41) is -0.0569. The van der Waals surface area contributed by atoms with Gasteiger partial charge in [0.15, 0.2) is 0 Å². The van der Waals surface area contributed by atoms with Crippen molar-refractivity contribution >= 4 is 43.5 Å². The van der Waals surface area contributed by atoms with Gasteiger partial charge in [0.1, 0.15) is 0 Å². The van der Waals surface area contributed by atoms with E-state index in [2.05, 4.69) is 67.0 Å². The predicted octanol–water partition coefficient (Wildman–Crippen LogP) is 4.71. The minimum absolute atomic E-state index is 0.0569. The van der Waals surface area contributed by atoms with Crippen molar-refractivity contribution in [1.29, 1.82) is 0 Å². The monoisotopic (exact) mass is 414 g/mol. The molecule has 3 rings (SSSR count). The highest BCUT2D eigenvalue weighted by Crippen LogP contribution is 2.36. The van der Waals surface area contributed by atoms with Gasteiger partial charge in [0.25, 0.3) is 0 Å². The second-order valence-corrected chi connectivity index (χ2v) is 7.13. The summed E-state index contributed by atoms with van der Waals surface area (Å²) in [6.45, 7) is 0. The van der Waals surface area contributed by atoms with Crippen molar-refractivity contribution in [1.82, 2.24) is 10.9 Å². The molecule has 1 saturated heterocycles. The summed E-state index contributed by atoms with van der Waals surface area (Å²) < 4.78 is 2.12. The smallest absolute Gasteiger partial charge is 0.0751 e. The van der Waals surface area contributed by atoms with Gasteiger partial charge >= 0.3 is 0 Å². The molecule has 104 valence electrons. The van der Waals surface area contributed by atoms with Crippen LogP contribution >= 0.6 is 43.5 Å². The molecule has 2 nitrogen and oxygen atoms in total. The zero-order valence-corrected chi connectivity index (χ0v) is 14.4. The maximum Gasteiger partial charge on any atom is 0.0751 e. The van der Waals surface area contributed by atoms with Crippen LogP contribution in [0.3, 0.4) is 0 Å². The van der Waals surface area contributed by atoms with Crippen molar-refractivity contribution in [2.45, 2.75) is 17.5 Å². The van der Waals surface area contributed by atoms with Gasteiger partial charge in [-0.2, -0.15) is 0 Å². The largest absolute Gasteiger partial charge is 0.248 e. The van der Waals surface area contributed by atoms with E-state index in [0.717, 1.165) is 8.95 Å². The molecule has 0 aliphatic carbocycles. The Bertz CT molecular complexity index is 567. The Morgan fingerprint density at radius 1 is 0.800 bits per heavy atom. The maximum atomic E-state index is 6.66. The lowest BCUT2D eigenvalue weighted by Gasteiger charge is -2.17. The third kappa shape index (κ3) is 2.95. The maximum absolute atomic E-state index is 6.66. The van der Waals surface area contributed by atoms with Gasteiger partial charge in [-0.05, 0) is 35.4 Å². The van der Waals surface area contributed by atoms with E-state index in [0.29, 0.717) is 0 Å². The number of benzene rings is 2.